The van der Waals surface area contributed by atoms with Crippen molar-refractivity contribution in [1.82, 2.24) is 0 Å². The zero-order valence-electron chi connectivity index (χ0n) is 9.45. The molecule has 1 amide bonds. The maximum Gasteiger partial charge on any atom is 0.259 e. The Labute approximate surface area is 146 Å². The summed E-state index contributed by atoms with van der Waals surface area (Å²) in [5.41, 5.74) is 0.942. The molecular formula is C13H8BrI2NO2. The SMILES string of the molecule is O=C(Nc1ccc(I)c(Br)c1)c1cc(I)ccc1O. The molecule has 0 spiro atoms. The van der Waals surface area contributed by atoms with Gasteiger partial charge in [0.1, 0.15) is 5.75 Å². The summed E-state index contributed by atoms with van der Waals surface area (Å²) in [7, 11) is 0. The Bertz CT molecular complexity index is 647. The predicted octanol–water partition coefficient (Wildman–Crippen LogP) is 4.62. The first kappa shape index (κ1) is 15.0. The number of rotatable bonds is 2. The average molecular weight is 544 g/mol. The molecule has 0 aliphatic rings. The molecule has 0 heterocycles. The summed E-state index contributed by atoms with van der Waals surface area (Å²) in [5.74, 6) is -0.355. The minimum absolute atomic E-state index is 0.0255. The Morgan fingerprint density at radius 1 is 1.16 bits per heavy atom. The van der Waals surface area contributed by atoms with Gasteiger partial charge < -0.3 is 10.4 Å². The van der Waals surface area contributed by atoms with Crippen molar-refractivity contribution in [3.05, 3.63) is 53.6 Å². The first-order valence-electron chi connectivity index (χ1n) is 5.22. The number of nitrogens with one attached hydrogen (secondary N) is 1. The van der Waals surface area contributed by atoms with Gasteiger partial charge in [0.2, 0.25) is 0 Å². The lowest BCUT2D eigenvalue weighted by atomic mass is 10.2. The second-order valence-corrected chi connectivity index (χ2v) is 7.01. The van der Waals surface area contributed by atoms with Crippen LogP contribution in [-0.4, -0.2) is 11.0 Å². The van der Waals surface area contributed by atoms with E-state index < -0.39 is 0 Å². The maximum absolute atomic E-state index is 12.1. The minimum atomic E-state index is -0.330. The largest absolute Gasteiger partial charge is 0.507 e. The molecule has 2 N–H and O–H groups in total. The zero-order valence-corrected chi connectivity index (χ0v) is 15.4. The summed E-state index contributed by atoms with van der Waals surface area (Å²) in [4.78, 5) is 12.1. The van der Waals surface area contributed by atoms with Crippen molar-refractivity contribution >= 4 is 72.7 Å². The van der Waals surface area contributed by atoms with Crippen molar-refractivity contribution in [3.63, 3.8) is 0 Å². The first-order chi connectivity index (χ1) is 8.97. The van der Waals surface area contributed by atoms with E-state index in [4.69, 9.17) is 0 Å². The number of hydrogen-bond donors (Lipinski definition) is 2. The van der Waals surface area contributed by atoms with Crippen LogP contribution in [-0.2, 0) is 0 Å². The van der Waals surface area contributed by atoms with Gasteiger partial charge in [0.05, 0.1) is 5.56 Å². The molecule has 2 rings (SSSR count). The second-order valence-electron chi connectivity index (χ2n) is 3.74. The van der Waals surface area contributed by atoms with Gasteiger partial charge in [-0.1, -0.05) is 0 Å². The number of carbonyl (C=O) groups excluding carboxylic acids is 1. The molecule has 6 heteroatoms. The fourth-order valence-electron chi connectivity index (χ4n) is 1.46. The van der Waals surface area contributed by atoms with E-state index in [2.05, 4.69) is 66.4 Å². The van der Waals surface area contributed by atoms with Crippen LogP contribution < -0.4 is 5.32 Å². The molecule has 19 heavy (non-hydrogen) atoms. The highest BCUT2D eigenvalue weighted by Gasteiger charge is 2.12. The van der Waals surface area contributed by atoms with Crippen molar-refractivity contribution < 1.29 is 9.90 Å². The molecule has 2 aromatic carbocycles. The van der Waals surface area contributed by atoms with E-state index in [1.54, 1.807) is 12.1 Å². The van der Waals surface area contributed by atoms with Crippen molar-refractivity contribution in [2.24, 2.45) is 0 Å². The number of phenols is 1. The van der Waals surface area contributed by atoms with Gasteiger partial charge in [0.15, 0.2) is 0 Å². The number of hydrogen-bond acceptors (Lipinski definition) is 2. The number of anilines is 1. The molecule has 0 aliphatic carbocycles. The molecule has 0 aliphatic heterocycles. The van der Waals surface area contributed by atoms with Crippen molar-refractivity contribution in [1.29, 1.82) is 0 Å². The highest BCUT2D eigenvalue weighted by molar-refractivity contribution is 14.1. The lowest BCUT2D eigenvalue weighted by molar-refractivity contribution is 0.102. The Balaban J connectivity index is 2.25. The smallest absolute Gasteiger partial charge is 0.259 e. The van der Waals surface area contributed by atoms with Gasteiger partial charge in [-0.2, -0.15) is 0 Å². The van der Waals surface area contributed by atoms with Gasteiger partial charge in [-0.25, -0.2) is 0 Å². The summed E-state index contributed by atoms with van der Waals surface area (Å²) in [6.07, 6.45) is 0. The van der Waals surface area contributed by atoms with Gasteiger partial charge in [0.25, 0.3) is 5.91 Å². The van der Waals surface area contributed by atoms with Crippen LogP contribution in [0.1, 0.15) is 10.4 Å². The highest BCUT2D eigenvalue weighted by Crippen LogP contribution is 2.25. The summed E-state index contributed by atoms with van der Waals surface area (Å²) in [6, 6.07) is 10.4. The quantitative estimate of drug-likeness (QED) is 0.543. The molecule has 0 fully saturated rings. The van der Waals surface area contributed by atoms with Crippen LogP contribution in [0.15, 0.2) is 40.9 Å². The van der Waals surface area contributed by atoms with Crippen LogP contribution in [0.2, 0.25) is 0 Å². The van der Waals surface area contributed by atoms with Crippen LogP contribution in [0.5, 0.6) is 5.75 Å². The molecule has 2 aromatic rings. The van der Waals surface area contributed by atoms with Gasteiger partial charge in [-0.05, 0) is 97.5 Å². The van der Waals surface area contributed by atoms with Gasteiger partial charge in [-0.15, -0.1) is 0 Å². The molecule has 0 radical (unpaired) electrons. The average Bonchev–Trinajstić information content (AvgIpc) is 2.36. The molecule has 0 unspecified atom stereocenters. The number of aromatic hydroxyl groups is 1. The third kappa shape index (κ3) is 3.82. The summed E-state index contributed by atoms with van der Waals surface area (Å²) < 4.78 is 2.87. The summed E-state index contributed by atoms with van der Waals surface area (Å²) in [6.45, 7) is 0. The summed E-state index contributed by atoms with van der Waals surface area (Å²) in [5, 5.41) is 12.5. The Morgan fingerprint density at radius 3 is 2.58 bits per heavy atom. The summed E-state index contributed by atoms with van der Waals surface area (Å²) >= 11 is 7.70. The Kier molecular flexibility index (Phi) is 5.07. The van der Waals surface area contributed by atoms with Gasteiger partial charge in [-0.3, -0.25) is 4.79 Å². The van der Waals surface area contributed by atoms with Crippen LogP contribution in [0.4, 0.5) is 5.69 Å². The van der Waals surface area contributed by atoms with E-state index in [1.165, 1.54) is 6.07 Å². The maximum atomic E-state index is 12.1. The number of phenolic OH excluding ortho intramolecular Hbond substituents is 1. The third-order valence-corrected chi connectivity index (χ3v) is 5.39. The molecule has 3 nitrogen and oxygen atoms in total. The van der Waals surface area contributed by atoms with Gasteiger partial charge >= 0.3 is 0 Å². The highest BCUT2D eigenvalue weighted by atomic mass is 127. The lowest BCUT2D eigenvalue weighted by Crippen LogP contribution is -2.12. The number of benzene rings is 2. The fraction of sp³-hybridized carbons (Fsp3) is 0. The van der Waals surface area contributed by atoms with Crippen LogP contribution >= 0.6 is 61.1 Å². The fourth-order valence-corrected chi connectivity index (χ4v) is 2.67. The number of halogens is 3. The lowest BCUT2D eigenvalue weighted by Gasteiger charge is -2.08. The monoisotopic (exact) mass is 543 g/mol. The van der Waals surface area contributed by atoms with E-state index in [-0.39, 0.29) is 17.2 Å². The molecule has 0 bridgehead atoms. The molecule has 98 valence electrons. The van der Waals surface area contributed by atoms with E-state index in [9.17, 15) is 9.90 Å². The minimum Gasteiger partial charge on any atom is -0.507 e. The topological polar surface area (TPSA) is 49.3 Å². The Morgan fingerprint density at radius 2 is 1.89 bits per heavy atom. The van der Waals surface area contributed by atoms with E-state index in [0.717, 1.165) is 11.6 Å². The van der Waals surface area contributed by atoms with E-state index in [1.807, 2.05) is 18.2 Å². The normalized spacial score (nSPS) is 10.3. The molecule has 0 saturated carbocycles. The van der Waals surface area contributed by atoms with Crippen LogP contribution in [0, 0.1) is 7.14 Å². The third-order valence-electron chi connectivity index (χ3n) is 2.38. The molecular weight excluding hydrogens is 536 g/mol. The second kappa shape index (κ2) is 6.40. The molecule has 0 atom stereocenters. The number of carbonyl (C=O) groups is 1. The van der Waals surface area contributed by atoms with Crippen LogP contribution in [0.3, 0.4) is 0 Å². The number of amides is 1. The van der Waals surface area contributed by atoms with E-state index in [0.29, 0.717) is 5.69 Å². The molecule has 0 aromatic heterocycles. The van der Waals surface area contributed by atoms with Gasteiger partial charge in [0, 0.05) is 17.3 Å². The Hall–Kier alpha value is -0.350. The zero-order chi connectivity index (χ0) is 14.0. The van der Waals surface area contributed by atoms with Crippen molar-refractivity contribution in [2.45, 2.75) is 0 Å². The standard InChI is InChI=1S/C13H8BrI2NO2/c14-10-6-8(2-3-11(10)16)17-13(19)9-5-7(15)1-4-12(9)18/h1-6,18H,(H,17,19). The van der Waals surface area contributed by atoms with Crippen molar-refractivity contribution in [2.75, 3.05) is 5.32 Å². The van der Waals surface area contributed by atoms with Crippen LogP contribution in [0.25, 0.3) is 0 Å². The van der Waals surface area contributed by atoms with E-state index >= 15 is 0 Å². The predicted molar refractivity (Wildman–Crippen MR) is 95.6 cm³/mol. The first-order valence-corrected chi connectivity index (χ1v) is 8.17. The molecule has 0 saturated heterocycles. The van der Waals surface area contributed by atoms with Crippen molar-refractivity contribution in [3.8, 4) is 5.75 Å².